The maximum Gasteiger partial charge on any atom is 0.522 e. The standard InChI is InChI=1S/C7H13F3O2/c1-6(2,3)5(11)4-12-7(8,9)10/h5,11H,4H2,1-3H3/t5-/m1/s1. The average molecular weight is 186 g/mol. The number of ether oxygens (including phenoxy) is 1. The Morgan fingerprint density at radius 1 is 1.25 bits per heavy atom. The summed E-state index contributed by atoms with van der Waals surface area (Å²) in [7, 11) is 0. The van der Waals surface area contributed by atoms with Crippen LogP contribution in [0.15, 0.2) is 0 Å². The van der Waals surface area contributed by atoms with Crippen LogP contribution in [0.1, 0.15) is 20.8 Å². The van der Waals surface area contributed by atoms with Gasteiger partial charge in [0.2, 0.25) is 0 Å². The highest BCUT2D eigenvalue weighted by Crippen LogP contribution is 2.23. The van der Waals surface area contributed by atoms with Crippen molar-refractivity contribution in [2.45, 2.75) is 33.2 Å². The lowest BCUT2D eigenvalue weighted by atomic mass is 9.90. The zero-order valence-corrected chi connectivity index (χ0v) is 7.27. The molecule has 2 nitrogen and oxygen atoms in total. The van der Waals surface area contributed by atoms with Crippen molar-refractivity contribution in [2.75, 3.05) is 6.61 Å². The van der Waals surface area contributed by atoms with Crippen LogP contribution in [-0.2, 0) is 4.74 Å². The molecule has 1 N–H and O–H groups in total. The number of hydrogen-bond acceptors (Lipinski definition) is 2. The van der Waals surface area contributed by atoms with Crippen LogP contribution in [0.2, 0.25) is 0 Å². The number of hydrogen-bond donors (Lipinski definition) is 1. The molecule has 0 heterocycles. The van der Waals surface area contributed by atoms with Gasteiger partial charge in [-0.1, -0.05) is 20.8 Å². The van der Waals surface area contributed by atoms with Gasteiger partial charge in [-0.05, 0) is 5.41 Å². The highest BCUT2D eigenvalue weighted by atomic mass is 19.4. The highest BCUT2D eigenvalue weighted by molar-refractivity contribution is 4.71. The molecule has 12 heavy (non-hydrogen) atoms. The van der Waals surface area contributed by atoms with E-state index in [1.165, 1.54) is 0 Å². The molecule has 0 saturated heterocycles. The minimum atomic E-state index is -4.66. The van der Waals surface area contributed by atoms with Crippen molar-refractivity contribution in [1.29, 1.82) is 0 Å². The van der Waals surface area contributed by atoms with Gasteiger partial charge in [-0.25, -0.2) is 0 Å². The molecule has 0 aliphatic rings. The fourth-order valence-corrected chi connectivity index (χ4v) is 0.423. The maximum atomic E-state index is 11.5. The normalized spacial score (nSPS) is 16.2. The Balaban J connectivity index is 3.80. The molecule has 0 aliphatic heterocycles. The van der Waals surface area contributed by atoms with Gasteiger partial charge >= 0.3 is 6.36 Å². The third kappa shape index (κ3) is 5.37. The molecule has 0 aromatic rings. The fourth-order valence-electron chi connectivity index (χ4n) is 0.423. The van der Waals surface area contributed by atoms with Gasteiger partial charge < -0.3 is 5.11 Å². The number of aliphatic hydroxyl groups excluding tert-OH is 1. The third-order valence-corrected chi connectivity index (χ3v) is 1.40. The first-order chi connectivity index (χ1) is 5.13. The Morgan fingerprint density at radius 3 is 1.92 bits per heavy atom. The molecule has 74 valence electrons. The Bertz CT molecular complexity index is 137. The van der Waals surface area contributed by atoms with E-state index in [1.807, 2.05) is 0 Å². The largest absolute Gasteiger partial charge is 0.522 e. The molecule has 0 aromatic carbocycles. The Labute approximate surface area is 69.3 Å². The monoisotopic (exact) mass is 186 g/mol. The topological polar surface area (TPSA) is 29.5 Å². The number of aliphatic hydroxyl groups is 1. The summed E-state index contributed by atoms with van der Waals surface area (Å²) < 4.78 is 37.9. The quantitative estimate of drug-likeness (QED) is 0.714. The van der Waals surface area contributed by atoms with E-state index < -0.39 is 24.5 Å². The maximum absolute atomic E-state index is 11.5. The molecule has 0 amide bonds. The molecule has 0 radical (unpaired) electrons. The second kappa shape index (κ2) is 3.62. The summed E-state index contributed by atoms with van der Waals surface area (Å²) >= 11 is 0. The highest BCUT2D eigenvalue weighted by Gasteiger charge is 2.32. The van der Waals surface area contributed by atoms with E-state index in [0.29, 0.717) is 0 Å². The van der Waals surface area contributed by atoms with Gasteiger partial charge in [0, 0.05) is 0 Å². The molecule has 0 spiro atoms. The van der Waals surface area contributed by atoms with Crippen molar-refractivity contribution >= 4 is 0 Å². The van der Waals surface area contributed by atoms with Crippen LogP contribution in [0.25, 0.3) is 0 Å². The number of rotatable bonds is 2. The van der Waals surface area contributed by atoms with Gasteiger partial charge in [0.05, 0.1) is 12.7 Å². The summed E-state index contributed by atoms with van der Waals surface area (Å²) in [5.41, 5.74) is -0.592. The molecule has 0 unspecified atom stereocenters. The summed E-state index contributed by atoms with van der Waals surface area (Å²) in [5, 5.41) is 9.12. The lowest BCUT2D eigenvalue weighted by Crippen LogP contribution is -2.33. The van der Waals surface area contributed by atoms with Crippen LogP contribution < -0.4 is 0 Å². The summed E-state index contributed by atoms with van der Waals surface area (Å²) in [6, 6.07) is 0. The second-order valence-corrected chi connectivity index (χ2v) is 3.64. The third-order valence-electron chi connectivity index (χ3n) is 1.40. The van der Waals surface area contributed by atoms with Crippen molar-refractivity contribution in [2.24, 2.45) is 5.41 Å². The summed E-state index contributed by atoms with van der Waals surface area (Å²) in [5.74, 6) is 0. The minimum absolute atomic E-state index is 0.592. The van der Waals surface area contributed by atoms with E-state index in [-0.39, 0.29) is 0 Å². The van der Waals surface area contributed by atoms with Crippen molar-refractivity contribution < 1.29 is 23.0 Å². The van der Waals surface area contributed by atoms with Gasteiger partial charge in [-0.3, -0.25) is 4.74 Å². The first-order valence-electron chi connectivity index (χ1n) is 3.51. The van der Waals surface area contributed by atoms with Crippen LogP contribution in [0.5, 0.6) is 0 Å². The van der Waals surface area contributed by atoms with E-state index in [2.05, 4.69) is 4.74 Å². The SMILES string of the molecule is CC(C)(C)[C@H](O)COC(F)(F)F. The zero-order valence-electron chi connectivity index (χ0n) is 7.27. The zero-order chi connectivity index (χ0) is 9.99. The van der Waals surface area contributed by atoms with Gasteiger partial charge in [0.25, 0.3) is 0 Å². The van der Waals surface area contributed by atoms with Crippen LogP contribution in [0, 0.1) is 5.41 Å². The van der Waals surface area contributed by atoms with Crippen LogP contribution in [0.4, 0.5) is 13.2 Å². The molecule has 0 saturated carbocycles. The molecule has 0 fully saturated rings. The van der Waals surface area contributed by atoms with E-state index >= 15 is 0 Å². The van der Waals surface area contributed by atoms with Crippen LogP contribution in [0.3, 0.4) is 0 Å². The van der Waals surface area contributed by atoms with E-state index in [0.717, 1.165) is 0 Å². The fraction of sp³-hybridized carbons (Fsp3) is 1.00. The summed E-state index contributed by atoms with van der Waals surface area (Å²) in [6.45, 7) is 4.19. The predicted octanol–water partition coefficient (Wildman–Crippen LogP) is 1.93. The van der Waals surface area contributed by atoms with Gasteiger partial charge in [0.15, 0.2) is 0 Å². The molecule has 0 rings (SSSR count). The van der Waals surface area contributed by atoms with Crippen molar-refractivity contribution in [3.05, 3.63) is 0 Å². The van der Waals surface area contributed by atoms with Crippen molar-refractivity contribution in [1.82, 2.24) is 0 Å². The molecule has 0 aliphatic carbocycles. The molecule has 0 bridgehead atoms. The molecule has 5 heteroatoms. The number of alkyl halides is 3. The minimum Gasteiger partial charge on any atom is -0.390 e. The van der Waals surface area contributed by atoms with Crippen molar-refractivity contribution in [3.63, 3.8) is 0 Å². The van der Waals surface area contributed by atoms with Crippen LogP contribution in [-0.4, -0.2) is 24.2 Å². The number of halogens is 3. The van der Waals surface area contributed by atoms with Crippen molar-refractivity contribution in [3.8, 4) is 0 Å². The summed E-state index contributed by atoms with van der Waals surface area (Å²) in [4.78, 5) is 0. The lowest BCUT2D eigenvalue weighted by Gasteiger charge is -2.25. The lowest BCUT2D eigenvalue weighted by molar-refractivity contribution is -0.333. The first kappa shape index (κ1) is 11.7. The average Bonchev–Trinajstić information content (AvgIpc) is 1.78. The molecule has 1 atom stereocenters. The Kier molecular flexibility index (Phi) is 3.53. The predicted molar refractivity (Wildman–Crippen MR) is 37.5 cm³/mol. The molecule has 0 aromatic heterocycles. The molecular formula is C7H13F3O2. The van der Waals surface area contributed by atoms with Crippen LogP contribution >= 0.6 is 0 Å². The smallest absolute Gasteiger partial charge is 0.390 e. The second-order valence-electron chi connectivity index (χ2n) is 3.64. The van der Waals surface area contributed by atoms with E-state index in [1.54, 1.807) is 20.8 Å². The van der Waals surface area contributed by atoms with Gasteiger partial charge in [-0.15, -0.1) is 13.2 Å². The molecular weight excluding hydrogens is 173 g/mol. The Hall–Kier alpha value is -0.290. The Morgan fingerprint density at radius 2 is 1.67 bits per heavy atom. The first-order valence-corrected chi connectivity index (χ1v) is 3.51. The van der Waals surface area contributed by atoms with Gasteiger partial charge in [-0.2, -0.15) is 0 Å². The summed E-state index contributed by atoms with van der Waals surface area (Å²) in [6.07, 6.45) is -5.77. The van der Waals surface area contributed by atoms with Gasteiger partial charge in [0.1, 0.15) is 0 Å². The van der Waals surface area contributed by atoms with E-state index in [4.69, 9.17) is 5.11 Å². The van der Waals surface area contributed by atoms with E-state index in [9.17, 15) is 13.2 Å².